The second-order valence-electron chi connectivity index (χ2n) is 4.41. The van der Waals surface area contributed by atoms with Gasteiger partial charge in [0.1, 0.15) is 6.42 Å². The van der Waals surface area contributed by atoms with Gasteiger partial charge in [-0.25, -0.2) is 4.79 Å². The Morgan fingerprint density at radius 1 is 1.56 bits per heavy atom. The molecule has 1 amide bonds. The second kappa shape index (κ2) is 6.80. The summed E-state index contributed by atoms with van der Waals surface area (Å²) in [6.07, 6.45) is 1.97. The minimum Gasteiger partial charge on any atom is -0.463 e. The van der Waals surface area contributed by atoms with Gasteiger partial charge in [0.05, 0.1) is 18.2 Å². The van der Waals surface area contributed by atoms with Crippen LogP contribution in [0.3, 0.4) is 0 Å². The fourth-order valence-corrected chi connectivity index (χ4v) is 1.97. The normalized spacial score (nSPS) is 19.1. The van der Waals surface area contributed by atoms with Gasteiger partial charge in [-0.3, -0.25) is 4.79 Å². The average molecular weight is 250 g/mol. The molecule has 0 fully saturated rings. The molecule has 1 N–H and O–H groups in total. The maximum Gasteiger partial charge on any atom is 0.335 e. The molecule has 98 valence electrons. The number of nitrogens with one attached hydrogen (secondary N) is 1. The molecular formula is C13H18N2O3. The number of ether oxygens (including phenoxy) is 1. The van der Waals surface area contributed by atoms with Crippen LogP contribution >= 0.6 is 0 Å². The number of esters is 1. The van der Waals surface area contributed by atoms with Crippen molar-refractivity contribution in [3.63, 3.8) is 0 Å². The summed E-state index contributed by atoms with van der Waals surface area (Å²) in [6, 6.07) is 1.79. The Morgan fingerprint density at radius 3 is 2.89 bits per heavy atom. The number of rotatable bonds is 4. The summed E-state index contributed by atoms with van der Waals surface area (Å²) in [6.45, 7) is 4.13. The Labute approximate surface area is 107 Å². The van der Waals surface area contributed by atoms with Gasteiger partial charge in [0.15, 0.2) is 0 Å². The molecule has 18 heavy (non-hydrogen) atoms. The van der Waals surface area contributed by atoms with E-state index < -0.39 is 0 Å². The lowest BCUT2D eigenvalue weighted by Gasteiger charge is -2.24. The Hall–Kier alpha value is -1.83. The Morgan fingerprint density at radius 2 is 2.28 bits per heavy atom. The zero-order valence-electron chi connectivity index (χ0n) is 10.8. The van der Waals surface area contributed by atoms with Crippen LogP contribution in [-0.2, 0) is 14.3 Å². The van der Waals surface area contributed by atoms with Gasteiger partial charge >= 0.3 is 5.97 Å². The summed E-state index contributed by atoms with van der Waals surface area (Å²) in [5.41, 5.74) is 1.16. The highest BCUT2D eigenvalue weighted by molar-refractivity contribution is 5.91. The van der Waals surface area contributed by atoms with Crippen LogP contribution < -0.4 is 5.32 Å². The van der Waals surface area contributed by atoms with Gasteiger partial charge in [0.25, 0.3) is 0 Å². The molecule has 5 heteroatoms. The summed E-state index contributed by atoms with van der Waals surface area (Å²) in [7, 11) is 0. The zero-order valence-corrected chi connectivity index (χ0v) is 10.8. The number of carbonyl (C=O) groups excluding carboxylic acids is 2. The van der Waals surface area contributed by atoms with E-state index in [9.17, 15) is 9.59 Å². The topological polar surface area (TPSA) is 79.2 Å². The summed E-state index contributed by atoms with van der Waals surface area (Å²) >= 11 is 0. The first-order valence-electron chi connectivity index (χ1n) is 6.14. The van der Waals surface area contributed by atoms with Crippen molar-refractivity contribution in [1.82, 2.24) is 5.32 Å². The lowest BCUT2D eigenvalue weighted by molar-refractivity contribution is -0.138. The van der Waals surface area contributed by atoms with Crippen LogP contribution in [0.25, 0.3) is 0 Å². The molecule has 1 aliphatic rings. The molecule has 1 unspecified atom stereocenters. The lowest BCUT2D eigenvalue weighted by atomic mass is 9.88. The molecule has 0 saturated carbocycles. The largest absolute Gasteiger partial charge is 0.463 e. The number of nitriles is 1. The van der Waals surface area contributed by atoms with E-state index in [1.54, 1.807) is 13.0 Å². The number of hydrogen-bond donors (Lipinski definition) is 1. The highest BCUT2D eigenvalue weighted by atomic mass is 16.5. The van der Waals surface area contributed by atoms with Crippen molar-refractivity contribution in [3.05, 3.63) is 11.3 Å². The van der Waals surface area contributed by atoms with Crippen molar-refractivity contribution in [2.75, 3.05) is 6.61 Å². The number of amides is 1. The SMILES string of the molecule is CCOC(=O)C1=C(NC(=O)CC#N)CC(C)CC1. The number of hydrogen-bond acceptors (Lipinski definition) is 4. The van der Waals surface area contributed by atoms with Gasteiger partial charge in [0.2, 0.25) is 5.91 Å². The first-order valence-corrected chi connectivity index (χ1v) is 6.14. The molecule has 0 radical (unpaired) electrons. The van der Waals surface area contributed by atoms with Gasteiger partial charge < -0.3 is 10.1 Å². The molecule has 0 aromatic heterocycles. The van der Waals surface area contributed by atoms with E-state index in [0.29, 0.717) is 36.6 Å². The number of allylic oxidation sites excluding steroid dienone is 1. The molecule has 1 rings (SSSR count). The molecule has 0 saturated heterocycles. The van der Waals surface area contributed by atoms with Crippen LogP contribution in [0.15, 0.2) is 11.3 Å². The Bertz CT molecular complexity index is 407. The highest BCUT2D eigenvalue weighted by Crippen LogP contribution is 2.28. The van der Waals surface area contributed by atoms with Gasteiger partial charge in [-0.2, -0.15) is 5.26 Å². The monoisotopic (exact) mass is 250 g/mol. The number of carbonyl (C=O) groups is 2. The first-order chi connectivity index (χ1) is 8.58. The van der Waals surface area contributed by atoms with Crippen LogP contribution in [0, 0.1) is 17.2 Å². The van der Waals surface area contributed by atoms with E-state index in [2.05, 4.69) is 12.2 Å². The third-order valence-electron chi connectivity index (χ3n) is 2.86. The highest BCUT2D eigenvalue weighted by Gasteiger charge is 2.24. The molecule has 0 aliphatic heterocycles. The van der Waals surface area contributed by atoms with E-state index in [-0.39, 0.29) is 18.3 Å². The van der Waals surface area contributed by atoms with Crippen LogP contribution in [0.5, 0.6) is 0 Å². The van der Waals surface area contributed by atoms with Gasteiger partial charge in [0, 0.05) is 5.70 Å². The molecule has 0 bridgehead atoms. The fraction of sp³-hybridized carbons (Fsp3) is 0.615. The van der Waals surface area contributed by atoms with Crippen LogP contribution in [0.1, 0.15) is 39.5 Å². The predicted octanol–water partition coefficient (Wildman–Crippen LogP) is 1.65. The predicted molar refractivity (Wildman–Crippen MR) is 65.0 cm³/mol. The second-order valence-corrected chi connectivity index (χ2v) is 4.41. The van der Waals surface area contributed by atoms with Crippen molar-refractivity contribution >= 4 is 11.9 Å². The van der Waals surface area contributed by atoms with Gasteiger partial charge in [-0.05, 0) is 32.1 Å². The van der Waals surface area contributed by atoms with E-state index in [1.807, 2.05) is 0 Å². The fourth-order valence-electron chi connectivity index (χ4n) is 1.97. The molecule has 0 aromatic carbocycles. The maximum absolute atomic E-state index is 11.8. The minimum atomic E-state index is -0.372. The maximum atomic E-state index is 11.8. The molecule has 1 aliphatic carbocycles. The Balaban J connectivity index is 2.85. The summed E-state index contributed by atoms with van der Waals surface area (Å²) < 4.78 is 4.98. The molecule has 0 aromatic rings. The van der Waals surface area contributed by atoms with Crippen LogP contribution in [0.2, 0.25) is 0 Å². The third kappa shape index (κ3) is 3.88. The molecule has 0 spiro atoms. The molecule has 0 heterocycles. The van der Waals surface area contributed by atoms with Crippen LogP contribution in [0.4, 0.5) is 0 Å². The first kappa shape index (κ1) is 14.2. The van der Waals surface area contributed by atoms with Crippen molar-refractivity contribution < 1.29 is 14.3 Å². The third-order valence-corrected chi connectivity index (χ3v) is 2.86. The lowest BCUT2D eigenvalue weighted by Crippen LogP contribution is -2.29. The Kier molecular flexibility index (Phi) is 5.37. The minimum absolute atomic E-state index is 0.200. The zero-order chi connectivity index (χ0) is 13.5. The van der Waals surface area contributed by atoms with Crippen molar-refractivity contribution in [2.45, 2.75) is 39.5 Å². The standard InChI is InChI=1S/C13H18N2O3/c1-3-18-13(17)10-5-4-9(2)8-11(10)15-12(16)6-7-14/h9H,3-6,8H2,1-2H3,(H,15,16). The van der Waals surface area contributed by atoms with Gasteiger partial charge in [-0.15, -0.1) is 0 Å². The van der Waals surface area contributed by atoms with E-state index >= 15 is 0 Å². The van der Waals surface area contributed by atoms with E-state index in [0.717, 1.165) is 6.42 Å². The van der Waals surface area contributed by atoms with Crippen molar-refractivity contribution in [2.24, 2.45) is 5.92 Å². The summed E-state index contributed by atoms with van der Waals surface area (Å²) in [4.78, 5) is 23.2. The van der Waals surface area contributed by atoms with Gasteiger partial charge in [-0.1, -0.05) is 6.92 Å². The summed E-state index contributed by atoms with van der Waals surface area (Å²) in [5.74, 6) is -0.319. The molecule has 1 atom stereocenters. The average Bonchev–Trinajstić information content (AvgIpc) is 2.29. The number of nitrogens with zero attached hydrogens (tertiary/aromatic N) is 1. The van der Waals surface area contributed by atoms with Crippen molar-refractivity contribution in [1.29, 1.82) is 5.26 Å². The van der Waals surface area contributed by atoms with E-state index in [1.165, 1.54) is 0 Å². The van der Waals surface area contributed by atoms with Crippen LogP contribution in [-0.4, -0.2) is 18.5 Å². The van der Waals surface area contributed by atoms with Crippen molar-refractivity contribution in [3.8, 4) is 6.07 Å². The molecular weight excluding hydrogens is 232 g/mol. The van der Waals surface area contributed by atoms with E-state index in [4.69, 9.17) is 10.00 Å². The molecule has 5 nitrogen and oxygen atoms in total. The summed E-state index contributed by atoms with van der Waals surface area (Å²) in [5, 5.41) is 11.1. The quantitative estimate of drug-likeness (QED) is 0.769. The smallest absolute Gasteiger partial charge is 0.335 e.